The van der Waals surface area contributed by atoms with Crippen molar-refractivity contribution in [3.63, 3.8) is 0 Å². The molecule has 2 fully saturated rings. The zero-order chi connectivity index (χ0) is 35.5. The van der Waals surface area contributed by atoms with Gasteiger partial charge in [0, 0.05) is 36.6 Å². The van der Waals surface area contributed by atoms with Gasteiger partial charge in [-0.05, 0) is 118 Å². The van der Waals surface area contributed by atoms with Crippen LogP contribution in [0.15, 0.2) is 48.6 Å². The van der Waals surface area contributed by atoms with E-state index in [9.17, 15) is 22.0 Å². The molecule has 4 aliphatic rings. The van der Waals surface area contributed by atoms with Gasteiger partial charge in [0.25, 0.3) is 11.8 Å². The minimum Gasteiger partial charge on any atom is -0.487 e. The van der Waals surface area contributed by atoms with Gasteiger partial charge < -0.3 is 14.4 Å². The van der Waals surface area contributed by atoms with Crippen LogP contribution in [0.25, 0.3) is 0 Å². The van der Waals surface area contributed by atoms with Crippen LogP contribution in [0, 0.1) is 17.8 Å². The zero-order valence-electron chi connectivity index (χ0n) is 29.1. The Morgan fingerprint density at radius 2 is 1.90 bits per heavy atom. The molecule has 3 unspecified atom stereocenters. The largest absolute Gasteiger partial charge is 0.487 e. The molecule has 8 nitrogen and oxygen atoms in total. The Labute approximate surface area is 300 Å². The molecule has 6 rings (SSSR count). The summed E-state index contributed by atoms with van der Waals surface area (Å²) < 4.78 is 70.2. The average molecular weight is 734 g/mol. The van der Waals surface area contributed by atoms with Crippen molar-refractivity contribution in [2.75, 3.05) is 44.2 Å². The standard InChI is InChI=1S/C38H50ClF2N3O5S/c1-26-7-5-9-35(48-20-19-43-17-6-16-38(40,41)25-43)33-14-11-30(33)23-44-18-4-3-8-28-21-32(39)13-10-31(28)24-49-36-15-12-29(22-34(36)44)37(45)42-50(46,47)27(26)2/h5,9-10,12-13,15,21-22,26-27,30,33,35H,3-4,6-8,11,14,16-20,23-25H2,1-2H3,(H,42,45)/b9-5+/t26?,27?,30-,33+,35?/m0/s1. The van der Waals surface area contributed by atoms with Gasteiger partial charge >= 0.3 is 0 Å². The van der Waals surface area contributed by atoms with Gasteiger partial charge in [0.05, 0.1) is 30.2 Å². The number of aryl methyl sites for hydroxylation is 1. The smallest absolute Gasteiger partial charge is 0.264 e. The van der Waals surface area contributed by atoms with Crippen molar-refractivity contribution >= 4 is 33.2 Å². The summed E-state index contributed by atoms with van der Waals surface area (Å²) in [6, 6.07) is 11.0. The average Bonchev–Trinajstić information content (AvgIpc) is 3.08. The summed E-state index contributed by atoms with van der Waals surface area (Å²) in [6.45, 7) is 6.44. The number of carbonyl (C=O) groups excluding carboxylic acids is 1. The van der Waals surface area contributed by atoms with Crippen molar-refractivity contribution in [3.8, 4) is 5.75 Å². The first kappa shape index (κ1) is 37.0. The normalized spacial score (nSPS) is 29.6. The maximum Gasteiger partial charge on any atom is 0.264 e. The summed E-state index contributed by atoms with van der Waals surface area (Å²) >= 11 is 6.35. The minimum absolute atomic E-state index is 0.0665. The van der Waals surface area contributed by atoms with Gasteiger partial charge in [-0.1, -0.05) is 36.7 Å². The fourth-order valence-electron chi connectivity index (χ4n) is 7.70. The Morgan fingerprint density at radius 1 is 1.06 bits per heavy atom. The van der Waals surface area contributed by atoms with E-state index in [0.717, 1.165) is 55.5 Å². The summed E-state index contributed by atoms with van der Waals surface area (Å²) in [4.78, 5) is 17.5. The van der Waals surface area contributed by atoms with Gasteiger partial charge in [-0.15, -0.1) is 0 Å². The number of rotatable bonds is 4. The summed E-state index contributed by atoms with van der Waals surface area (Å²) in [5.41, 5.74) is 3.22. The Morgan fingerprint density at radius 3 is 2.68 bits per heavy atom. The fourth-order valence-corrected chi connectivity index (χ4v) is 9.18. The molecular formula is C38H50ClF2N3O5S. The number of hydrogen-bond donors (Lipinski definition) is 1. The van der Waals surface area contributed by atoms with E-state index in [1.165, 1.54) is 0 Å². The molecule has 3 heterocycles. The molecule has 3 aliphatic heterocycles. The molecule has 2 aromatic rings. The first-order valence-electron chi connectivity index (χ1n) is 18.1. The summed E-state index contributed by atoms with van der Waals surface area (Å²) in [5.74, 6) is -2.47. The number of likely N-dealkylation sites (tertiary alicyclic amines) is 1. The highest BCUT2D eigenvalue weighted by atomic mass is 35.5. The molecule has 50 heavy (non-hydrogen) atoms. The highest BCUT2D eigenvalue weighted by Gasteiger charge is 2.39. The number of allylic oxidation sites excluding steroid dienone is 1. The molecule has 1 saturated heterocycles. The van der Waals surface area contributed by atoms with E-state index in [1.807, 2.05) is 37.3 Å². The Kier molecular flexibility index (Phi) is 11.8. The number of halogens is 3. The van der Waals surface area contributed by atoms with E-state index in [0.29, 0.717) is 62.4 Å². The van der Waals surface area contributed by atoms with E-state index in [4.69, 9.17) is 21.1 Å². The van der Waals surface area contributed by atoms with E-state index in [2.05, 4.69) is 9.62 Å². The maximum atomic E-state index is 14.1. The lowest BCUT2D eigenvalue weighted by Crippen LogP contribution is -2.46. The number of carbonyl (C=O) groups is 1. The van der Waals surface area contributed by atoms with Crippen LogP contribution in [0.1, 0.15) is 80.3 Å². The molecule has 1 saturated carbocycles. The Bertz CT molecular complexity index is 1660. The Hall–Kier alpha value is -2.73. The van der Waals surface area contributed by atoms with E-state index < -0.39 is 27.1 Å². The van der Waals surface area contributed by atoms with Crippen molar-refractivity contribution in [1.82, 2.24) is 9.62 Å². The molecule has 2 bridgehead atoms. The quantitative estimate of drug-likeness (QED) is 0.332. The molecule has 1 N–H and O–H groups in total. The summed E-state index contributed by atoms with van der Waals surface area (Å²) in [7, 11) is -3.98. The lowest BCUT2D eigenvalue weighted by molar-refractivity contribution is -0.0754. The number of piperidine rings is 1. The molecule has 0 aromatic heterocycles. The third kappa shape index (κ3) is 9.00. The first-order chi connectivity index (χ1) is 23.9. The SMILES string of the molecule is CC1C/C=C/C(OCCN2CCCC(F)(F)C2)[C@@H]2CC[C@H]2CN2CCCCc3cc(Cl)ccc3COc3ccc(cc32)C(=O)NS(=O)(=O)C1C. The fraction of sp³-hybridized carbons (Fsp3) is 0.605. The van der Waals surface area contributed by atoms with Crippen LogP contribution in [-0.2, 0) is 27.8 Å². The van der Waals surface area contributed by atoms with Crippen molar-refractivity contribution in [3.05, 3.63) is 70.3 Å². The third-order valence-corrected chi connectivity index (χ3v) is 13.3. The molecule has 1 amide bonds. The predicted octanol–water partition coefficient (Wildman–Crippen LogP) is 7.25. The summed E-state index contributed by atoms with van der Waals surface area (Å²) in [6.07, 6.45) is 9.38. The molecule has 2 aromatic carbocycles. The molecule has 0 radical (unpaired) electrons. The van der Waals surface area contributed by atoms with Crippen LogP contribution in [0.3, 0.4) is 0 Å². The number of fused-ring (bicyclic) bond motifs is 3. The second-order valence-electron chi connectivity index (χ2n) is 14.7. The number of alkyl halides is 2. The number of nitrogens with zero attached hydrogens (tertiary/aromatic N) is 2. The number of hydrogen-bond acceptors (Lipinski definition) is 7. The van der Waals surface area contributed by atoms with Crippen LogP contribution in [0.5, 0.6) is 5.75 Å². The molecule has 5 atom stereocenters. The lowest BCUT2D eigenvalue weighted by atomic mass is 9.70. The highest BCUT2D eigenvalue weighted by Crippen LogP contribution is 2.42. The van der Waals surface area contributed by atoms with Crippen molar-refractivity contribution in [2.24, 2.45) is 17.8 Å². The van der Waals surface area contributed by atoms with Gasteiger partial charge in [-0.25, -0.2) is 21.9 Å². The van der Waals surface area contributed by atoms with Crippen LogP contribution in [-0.4, -0.2) is 75.8 Å². The number of anilines is 1. The second-order valence-corrected chi connectivity index (χ2v) is 17.2. The number of sulfonamides is 1. The van der Waals surface area contributed by atoms with Crippen LogP contribution >= 0.6 is 11.6 Å². The Balaban J connectivity index is 1.30. The van der Waals surface area contributed by atoms with E-state index >= 15 is 0 Å². The summed E-state index contributed by atoms with van der Waals surface area (Å²) in [5, 5.41) is -0.135. The second kappa shape index (κ2) is 15.9. The molecule has 0 spiro atoms. The number of benzene rings is 2. The van der Waals surface area contributed by atoms with Crippen molar-refractivity contribution in [2.45, 2.75) is 89.1 Å². The highest BCUT2D eigenvalue weighted by molar-refractivity contribution is 7.90. The first-order valence-corrected chi connectivity index (χ1v) is 20.0. The number of ether oxygens (including phenoxy) is 2. The molecule has 1 aliphatic carbocycles. The van der Waals surface area contributed by atoms with Gasteiger partial charge in [-0.2, -0.15) is 0 Å². The predicted molar refractivity (Wildman–Crippen MR) is 193 cm³/mol. The zero-order valence-corrected chi connectivity index (χ0v) is 30.7. The lowest BCUT2D eigenvalue weighted by Gasteiger charge is -2.44. The van der Waals surface area contributed by atoms with E-state index in [1.54, 1.807) is 30.0 Å². The van der Waals surface area contributed by atoms with Crippen LogP contribution < -0.4 is 14.4 Å². The number of amides is 1. The molecular weight excluding hydrogens is 684 g/mol. The van der Waals surface area contributed by atoms with Gasteiger partial charge in [0.2, 0.25) is 10.0 Å². The van der Waals surface area contributed by atoms with Gasteiger partial charge in [-0.3, -0.25) is 9.69 Å². The monoisotopic (exact) mass is 733 g/mol. The minimum atomic E-state index is -3.98. The molecule has 12 heteroatoms. The molecule has 274 valence electrons. The number of nitrogens with one attached hydrogen (secondary N) is 1. The van der Waals surface area contributed by atoms with Gasteiger partial charge in [0.15, 0.2) is 0 Å². The van der Waals surface area contributed by atoms with Crippen molar-refractivity contribution in [1.29, 1.82) is 0 Å². The van der Waals surface area contributed by atoms with E-state index in [-0.39, 0.29) is 36.5 Å². The topological polar surface area (TPSA) is 88.2 Å². The van der Waals surface area contributed by atoms with Crippen LogP contribution in [0.4, 0.5) is 14.5 Å². The third-order valence-electron chi connectivity index (χ3n) is 11.1. The van der Waals surface area contributed by atoms with Crippen LogP contribution in [0.2, 0.25) is 5.02 Å². The maximum absolute atomic E-state index is 14.1. The van der Waals surface area contributed by atoms with Crippen molar-refractivity contribution < 1.29 is 31.5 Å². The van der Waals surface area contributed by atoms with Gasteiger partial charge in [0.1, 0.15) is 12.4 Å².